The monoisotopic (exact) mass is 238 g/mol. The van der Waals surface area contributed by atoms with Crippen LogP contribution in [0.2, 0.25) is 0 Å². The van der Waals surface area contributed by atoms with E-state index in [4.69, 9.17) is 5.11 Å². The molecule has 0 saturated carbocycles. The molecule has 1 amide bonds. The van der Waals surface area contributed by atoms with Crippen LogP contribution in [-0.2, 0) is 19.6 Å². The smallest absolute Gasteiger partial charge is 0.325 e. The Bertz CT molecular complexity index is 350. The van der Waals surface area contributed by atoms with Gasteiger partial charge in [-0.25, -0.2) is 8.42 Å². The first-order valence-electron chi connectivity index (χ1n) is 4.08. The highest BCUT2D eigenvalue weighted by Crippen LogP contribution is 1.92. The molecule has 0 aliphatic carbocycles. The van der Waals surface area contributed by atoms with Crippen LogP contribution in [0.3, 0.4) is 0 Å². The van der Waals surface area contributed by atoms with Crippen molar-refractivity contribution in [2.24, 2.45) is 0 Å². The molecule has 0 radical (unpaired) electrons. The second-order valence-corrected chi connectivity index (χ2v) is 5.24. The highest BCUT2D eigenvalue weighted by atomic mass is 32.2. The lowest BCUT2D eigenvalue weighted by atomic mass is 10.3. The standard InChI is InChI=1S/C7H14N2O5S/c1-5(7(11)12)8-6(10)4-9(2)15(3,13)14/h5H,4H2,1-3H3,(H,8,10)(H,11,12)/t5-/m0/s1. The van der Waals surface area contributed by atoms with Crippen LogP contribution >= 0.6 is 0 Å². The van der Waals surface area contributed by atoms with Crippen molar-refractivity contribution in [2.75, 3.05) is 19.8 Å². The first-order chi connectivity index (χ1) is 6.64. The van der Waals surface area contributed by atoms with Gasteiger partial charge in [-0.2, -0.15) is 4.31 Å². The SMILES string of the molecule is C[C@H](NC(=O)CN(C)S(C)(=O)=O)C(=O)O. The van der Waals surface area contributed by atoms with Gasteiger partial charge in [0.15, 0.2) is 0 Å². The van der Waals surface area contributed by atoms with Crippen LogP contribution in [0, 0.1) is 0 Å². The fourth-order valence-corrected chi connectivity index (χ4v) is 1.02. The molecule has 1 atom stereocenters. The zero-order chi connectivity index (χ0) is 12.2. The summed E-state index contributed by atoms with van der Waals surface area (Å²) in [5, 5.41) is 10.6. The van der Waals surface area contributed by atoms with Crippen molar-refractivity contribution in [3.05, 3.63) is 0 Å². The van der Waals surface area contributed by atoms with Crippen LogP contribution < -0.4 is 5.32 Å². The number of nitrogens with zero attached hydrogens (tertiary/aromatic N) is 1. The normalized spacial score (nSPS) is 13.6. The molecule has 15 heavy (non-hydrogen) atoms. The third-order valence-electron chi connectivity index (χ3n) is 1.68. The maximum Gasteiger partial charge on any atom is 0.325 e. The van der Waals surface area contributed by atoms with Crippen LogP contribution in [0.15, 0.2) is 0 Å². The van der Waals surface area contributed by atoms with Crippen molar-refractivity contribution >= 4 is 21.9 Å². The summed E-state index contributed by atoms with van der Waals surface area (Å²) < 4.78 is 22.7. The molecule has 0 bridgehead atoms. The first kappa shape index (κ1) is 13.8. The quantitative estimate of drug-likeness (QED) is 0.604. The zero-order valence-electron chi connectivity index (χ0n) is 8.72. The van der Waals surface area contributed by atoms with Crippen LogP contribution in [-0.4, -0.2) is 55.6 Å². The third kappa shape index (κ3) is 5.33. The van der Waals surface area contributed by atoms with E-state index in [-0.39, 0.29) is 0 Å². The molecule has 0 aliphatic heterocycles. The van der Waals surface area contributed by atoms with E-state index >= 15 is 0 Å². The van der Waals surface area contributed by atoms with Gasteiger partial charge in [-0.1, -0.05) is 0 Å². The van der Waals surface area contributed by atoms with Crippen LogP contribution in [0.4, 0.5) is 0 Å². The van der Waals surface area contributed by atoms with Crippen molar-refractivity contribution in [3.8, 4) is 0 Å². The van der Waals surface area contributed by atoms with Crippen LogP contribution in [0.25, 0.3) is 0 Å². The predicted octanol–water partition coefficient (Wildman–Crippen LogP) is -1.53. The summed E-state index contributed by atoms with van der Waals surface area (Å²) in [5.41, 5.74) is 0. The van der Waals surface area contributed by atoms with Gasteiger partial charge in [-0.05, 0) is 6.92 Å². The van der Waals surface area contributed by atoms with E-state index in [0.29, 0.717) is 0 Å². The van der Waals surface area contributed by atoms with Gasteiger partial charge >= 0.3 is 5.97 Å². The lowest BCUT2D eigenvalue weighted by Crippen LogP contribution is -2.44. The van der Waals surface area contributed by atoms with Crippen molar-refractivity contribution in [2.45, 2.75) is 13.0 Å². The van der Waals surface area contributed by atoms with Gasteiger partial charge in [0.25, 0.3) is 0 Å². The van der Waals surface area contributed by atoms with Gasteiger partial charge in [-0.15, -0.1) is 0 Å². The molecular weight excluding hydrogens is 224 g/mol. The maximum atomic E-state index is 11.1. The average Bonchev–Trinajstić information content (AvgIpc) is 2.01. The summed E-state index contributed by atoms with van der Waals surface area (Å²) in [6.45, 7) is 0.900. The van der Waals surface area contributed by atoms with Gasteiger partial charge in [0.2, 0.25) is 15.9 Å². The molecule has 2 N–H and O–H groups in total. The van der Waals surface area contributed by atoms with Gasteiger partial charge in [0.1, 0.15) is 6.04 Å². The minimum absolute atomic E-state index is 0.392. The van der Waals surface area contributed by atoms with Crippen molar-refractivity contribution in [1.29, 1.82) is 0 Å². The topological polar surface area (TPSA) is 104 Å². The molecule has 0 aromatic carbocycles. The molecule has 0 heterocycles. The minimum atomic E-state index is -3.43. The molecule has 0 saturated heterocycles. The lowest BCUT2D eigenvalue weighted by molar-refractivity contribution is -0.141. The molecule has 0 aromatic heterocycles. The summed E-state index contributed by atoms with van der Waals surface area (Å²) >= 11 is 0. The number of carbonyl (C=O) groups is 2. The minimum Gasteiger partial charge on any atom is -0.480 e. The fraction of sp³-hybridized carbons (Fsp3) is 0.714. The molecule has 0 aromatic rings. The number of carboxylic acid groups (broad SMARTS) is 1. The molecule has 8 heteroatoms. The van der Waals surface area contributed by atoms with Crippen molar-refractivity contribution in [1.82, 2.24) is 9.62 Å². The third-order valence-corrected chi connectivity index (χ3v) is 2.94. The Morgan fingerprint density at radius 3 is 2.27 bits per heavy atom. The Morgan fingerprint density at radius 1 is 1.47 bits per heavy atom. The molecular formula is C7H14N2O5S. The largest absolute Gasteiger partial charge is 0.480 e. The Morgan fingerprint density at radius 2 is 1.93 bits per heavy atom. The number of carboxylic acids is 1. The molecule has 7 nitrogen and oxygen atoms in total. The molecule has 0 aliphatic rings. The molecule has 0 rings (SSSR count). The van der Waals surface area contributed by atoms with E-state index in [0.717, 1.165) is 10.6 Å². The number of rotatable bonds is 5. The Labute approximate surface area is 88.1 Å². The number of hydrogen-bond donors (Lipinski definition) is 2. The van der Waals surface area contributed by atoms with Gasteiger partial charge < -0.3 is 10.4 Å². The zero-order valence-corrected chi connectivity index (χ0v) is 9.54. The van der Waals surface area contributed by atoms with E-state index in [2.05, 4.69) is 5.32 Å². The van der Waals surface area contributed by atoms with E-state index in [9.17, 15) is 18.0 Å². The summed E-state index contributed by atoms with van der Waals surface area (Å²) in [7, 11) is -2.19. The number of nitrogens with one attached hydrogen (secondary N) is 1. The molecule has 0 unspecified atom stereocenters. The number of likely N-dealkylation sites (N-methyl/N-ethyl adjacent to an activating group) is 1. The summed E-state index contributed by atoms with van der Waals surface area (Å²) in [6.07, 6.45) is 0.959. The Balaban J connectivity index is 4.23. The fourth-order valence-electron chi connectivity index (χ4n) is 0.668. The lowest BCUT2D eigenvalue weighted by Gasteiger charge is -2.15. The Kier molecular flexibility index (Phi) is 4.69. The maximum absolute atomic E-state index is 11.1. The van der Waals surface area contributed by atoms with Crippen LogP contribution in [0.5, 0.6) is 0 Å². The Hall–Kier alpha value is -1.15. The van der Waals surface area contributed by atoms with Crippen LogP contribution in [0.1, 0.15) is 6.92 Å². The van der Waals surface area contributed by atoms with Gasteiger partial charge in [0, 0.05) is 7.05 Å². The van der Waals surface area contributed by atoms with E-state index in [1.54, 1.807) is 0 Å². The number of carbonyl (C=O) groups excluding carboxylic acids is 1. The van der Waals surface area contributed by atoms with Crippen molar-refractivity contribution in [3.63, 3.8) is 0 Å². The number of amides is 1. The second-order valence-electron chi connectivity index (χ2n) is 3.15. The van der Waals surface area contributed by atoms with Crippen molar-refractivity contribution < 1.29 is 23.1 Å². The predicted molar refractivity (Wildman–Crippen MR) is 52.7 cm³/mol. The van der Waals surface area contributed by atoms with Gasteiger partial charge in [0.05, 0.1) is 12.8 Å². The highest BCUT2D eigenvalue weighted by Gasteiger charge is 2.18. The first-order valence-corrected chi connectivity index (χ1v) is 5.93. The average molecular weight is 238 g/mol. The van der Waals surface area contributed by atoms with E-state index < -0.39 is 34.5 Å². The second kappa shape index (κ2) is 5.08. The molecule has 88 valence electrons. The summed E-state index contributed by atoms with van der Waals surface area (Å²) in [4.78, 5) is 21.5. The highest BCUT2D eigenvalue weighted by molar-refractivity contribution is 7.88. The van der Waals surface area contributed by atoms with E-state index in [1.165, 1.54) is 14.0 Å². The molecule has 0 spiro atoms. The number of hydrogen-bond acceptors (Lipinski definition) is 4. The summed E-state index contributed by atoms with van der Waals surface area (Å²) in [6, 6.07) is -1.04. The van der Waals surface area contributed by atoms with E-state index in [1.807, 2.05) is 0 Å². The summed E-state index contributed by atoms with van der Waals surface area (Å²) in [5.74, 6) is -1.83. The number of aliphatic carboxylic acids is 1. The molecule has 0 fully saturated rings. The van der Waals surface area contributed by atoms with Gasteiger partial charge in [-0.3, -0.25) is 9.59 Å². The number of sulfonamides is 1.